The molecule has 0 spiro atoms. The molecule has 0 bridgehead atoms. The number of ether oxygens (including phenoxy) is 1. The molecule has 0 fully saturated rings. The van der Waals surface area contributed by atoms with Crippen LogP contribution in [-0.2, 0) is 4.74 Å². The van der Waals surface area contributed by atoms with Crippen molar-refractivity contribution in [2.75, 3.05) is 5.32 Å². The summed E-state index contributed by atoms with van der Waals surface area (Å²) in [6, 6.07) is 13.8. The molecule has 2 aromatic rings. The van der Waals surface area contributed by atoms with E-state index in [-0.39, 0.29) is 5.91 Å². The first-order chi connectivity index (χ1) is 9.66. The molecule has 20 heavy (non-hydrogen) atoms. The molecule has 100 valence electrons. The molecule has 0 radical (unpaired) electrons. The van der Waals surface area contributed by atoms with E-state index in [4.69, 9.17) is 9.84 Å². The molecule has 5 heteroatoms. The fourth-order valence-corrected chi connectivity index (χ4v) is 2.36. The minimum atomic E-state index is -1.38. The van der Waals surface area contributed by atoms with Crippen LogP contribution in [-0.4, -0.2) is 17.2 Å². The second-order valence-electron chi connectivity index (χ2n) is 4.39. The number of hydrogen-bond donors (Lipinski definition) is 2. The molecule has 1 unspecified atom stereocenters. The van der Waals surface area contributed by atoms with Crippen LogP contribution in [0.5, 0.6) is 0 Å². The van der Waals surface area contributed by atoms with Crippen LogP contribution in [0.2, 0.25) is 0 Å². The number of benzene rings is 2. The lowest BCUT2D eigenvalue weighted by atomic mass is 9.97. The van der Waals surface area contributed by atoms with E-state index in [1.165, 1.54) is 0 Å². The summed E-state index contributed by atoms with van der Waals surface area (Å²) in [5, 5.41) is 11.7. The number of carbonyl (C=O) groups excluding carboxylic acids is 1. The summed E-state index contributed by atoms with van der Waals surface area (Å²) in [7, 11) is 0. The molecule has 2 N–H and O–H groups in total. The van der Waals surface area contributed by atoms with E-state index >= 15 is 0 Å². The molecule has 0 saturated heterocycles. The Morgan fingerprint density at radius 1 is 1.05 bits per heavy atom. The molecule has 1 aliphatic rings. The number of fused-ring (bicyclic) bond motifs is 2. The first-order valence-corrected chi connectivity index (χ1v) is 6.05. The zero-order chi connectivity index (χ0) is 14.1. The number of carboxylic acid groups (broad SMARTS) is 1. The van der Waals surface area contributed by atoms with Crippen molar-refractivity contribution in [1.29, 1.82) is 0 Å². The molecule has 1 aliphatic heterocycles. The van der Waals surface area contributed by atoms with Gasteiger partial charge in [-0.1, -0.05) is 36.4 Å². The van der Waals surface area contributed by atoms with Gasteiger partial charge in [0, 0.05) is 22.4 Å². The fraction of sp³-hybridized carbons (Fsp3) is 0.0667. The second kappa shape index (κ2) is 4.70. The van der Waals surface area contributed by atoms with Crippen molar-refractivity contribution in [2.45, 2.75) is 6.10 Å². The molecule has 0 aromatic heterocycles. The van der Waals surface area contributed by atoms with Gasteiger partial charge >= 0.3 is 6.16 Å². The Labute approximate surface area is 114 Å². The molecule has 2 aromatic carbocycles. The average Bonchev–Trinajstić information content (AvgIpc) is 2.55. The van der Waals surface area contributed by atoms with Gasteiger partial charge in [0.1, 0.15) is 0 Å². The van der Waals surface area contributed by atoms with Gasteiger partial charge in [-0.25, -0.2) is 4.79 Å². The SMILES string of the molecule is O=C(O)OC1c2ccccc2NC(=O)c2ccccc21. The van der Waals surface area contributed by atoms with E-state index in [2.05, 4.69) is 5.32 Å². The van der Waals surface area contributed by atoms with Crippen LogP contribution < -0.4 is 5.32 Å². The van der Waals surface area contributed by atoms with Crippen LogP contribution in [0.4, 0.5) is 10.5 Å². The first-order valence-electron chi connectivity index (χ1n) is 6.05. The number of amides is 1. The smallest absolute Gasteiger partial charge is 0.450 e. The van der Waals surface area contributed by atoms with Crippen LogP contribution in [0.1, 0.15) is 27.6 Å². The predicted molar refractivity (Wildman–Crippen MR) is 71.8 cm³/mol. The van der Waals surface area contributed by atoms with Crippen molar-refractivity contribution in [3.8, 4) is 0 Å². The van der Waals surface area contributed by atoms with Gasteiger partial charge in [-0.3, -0.25) is 4.79 Å². The second-order valence-corrected chi connectivity index (χ2v) is 4.39. The Hall–Kier alpha value is -2.82. The zero-order valence-corrected chi connectivity index (χ0v) is 10.4. The Morgan fingerprint density at radius 3 is 2.45 bits per heavy atom. The third-order valence-electron chi connectivity index (χ3n) is 3.20. The molecule has 1 atom stereocenters. The molecule has 5 nitrogen and oxygen atoms in total. The molecule has 0 saturated carbocycles. The van der Waals surface area contributed by atoms with E-state index in [9.17, 15) is 9.59 Å². The van der Waals surface area contributed by atoms with Gasteiger partial charge in [0.2, 0.25) is 0 Å². The Balaban J connectivity index is 2.23. The molecule has 3 rings (SSSR count). The highest BCUT2D eigenvalue weighted by Crippen LogP contribution is 2.36. The van der Waals surface area contributed by atoms with E-state index in [1.807, 2.05) is 0 Å². The standard InChI is InChI=1S/C15H11NO4/c17-14-10-6-2-1-5-9(10)13(20-15(18)19)11-7-3-4-8-12(11)16-14/h1-8,13H,(H,16,17)(H,18,19). The Bertz CT molecular complexity index is 696. The lowest BCUT2D eigenvalue weighted by Gasteiger charge is -2.17. The number of hydrogen-bond acceptors (Lipinski definition) is 3. The predicted octanol–water partition coefficient (Wildman–Crippen LogP) is 3.04. The zero-order valence-electron chi connectivity index (χ0n) is 10.4. The summed E-state index contributed by atoms with van der Waals surface area (Å²) < 4.78 is 5.00. The Morgan fingerprint density at radius 2 is 1.70 bits per heavy atom. The number of carbonyl (C=O) groups is 2. The third kappa shape index (κ3) is 1.99. The molecular weight excluding hydrogens is 258 g/mol. The van der Waals surface area contributed by atoms with Crippen LogP contribution in [0, 0.1) is 0 Å². The molecule has 1 amide bonds. The maximum atomic E-state index is 12.2. The lowest BCUT2D eigenvalue weighted by molar-refractivity contribution is 0.0662. The van der Waals surface area contributed by atoms with E-state index in [0.717, 1.165) is 0 Å². The van der Waals surface area contributed by atoms with Crippen molar-refractivity contribution in [1.82, 2.24) is 0 Å². The number of rotatable bonds is 1. The summed E-state index contributed by atoms with van der Waals surface area (Å²) in [5.41, 5.74) is 2.13. The minimum absolute atomic E-state index is 0.274. The van der Waals surface area contributed by atoms with Gasteiger partial charge in [-0.2, -0.15) is 0 Å². The van der Waals surface area contributed by atoms with Gasteiger partial charge in [-0.05, 0) is 12.1 Å². The van der Waals surface area contributed by atoms with Gasteiger partial charge in [0.05, 0.1) is 0 Å². The fourth-order valence-electron chi connectivity index (χ4n) is 2.36. The van der Waals surface area contributed by atoms with E-state index in [0.29, 0.717) is 22.4 Å². The average molecular weight is 269 g/mol. The third-order valence-corrected chi connectivity index (χ3v) is 3.20. The number of anilines is 1. The van der Waals surface area contributed by atoms with Crippen molar-refractivity contribution >= 4 is 17.7 Å². The highest BCUT2D eigenvalue weighted by molar-refractivity contribution is 6.07. The van der Waals surface area contributed by atoms with Crippen LogP contribution in [0.3, 0.4) is 0 Å². The largest absolute Gasteiger partial charge is 0.506 e. The van der Waals surface area contributed by atoms with E-state index in [1.54, 1.807) is 48.5 Å². The van der Waals surface area contributed by atoms with Crippen molar-refractivity contribution < 1.29 is 19.4 Å². The van der Waals surface area contributed by atoms with Crippen LogP contribution >= 0.6 is 0 Å². The van der Waals surface area contributed by atoms with Gasteiger partial charge in [0.25, 0.3) is 5.91 Å². The van der Waals surface area contributed by atoms with Crippen molar-refractivity contribution in [3.63, 3.8) is 0 Å². The first kappa shape index (κ1) is 12.2. The topological polar surface area (TPSA) is 75.6 Å². The molecular formula is C15H11NO4. The van der Waals surface area contributed by atoms with Gasteiger partial charge < -0.3 is 15.2 Å². The van der Waals surface area contributed by atoms with E-state index < -0.39 is 12.3 Å². The maximum Gasteiger partial charge on any atom is 0.506 e. The van der Waals surface area contributed by atoms with Gasteiger partial charge in [-0.15, -0.1) is 0 Å². The Kier molecular flexibility index (Phi) is 2.87. The van der Waals surface area contributed by atoms with Crippen molar-refractivity contribution in [2.24, 2.45) is 0 Å². The highest BCUT2D eigenvalue weighted by atomic mass is 16.7. The summed E-state index contributed by atoms with van der Waals surface area (Å²) in [5.74, 6) is -0.274. The normalized spacial score (nSPS) is 16.4. The lowest BCUT2D eigenvalue weighted by Crippen LogP contribution is -2.13. The quantitative estimate of drug-likeness (QED) is 0.780. The number of nitrogens with one attached hydrogen (secondary N) is 1. The highest BCUT2D eigenvalue weighted by Gasteiger charge is 2.29. The maximum absolute atomic E-state index is 12.2. The van der Waals surface area contributed by atoms with Gasteiger partial charge in [0.15, 0.2) is 6.10 Å². The van der Waals surface area contributed by atoms with Crippen LogP contribution in [0.15, 0.2) is 48.5 Å². The summed E-state index contributed by atoms with van der Waals surface area (Å²) >= 11 is 0. The minimum Gasteiger partial charge on any atom is -0.450 e. The summed E-state index contributed by atoms with van der Waals surface area (Å²) in [4.78, 5) is 23.1. The summed E-state index contributed by atoms with van der Waals surface area (Å²) in [6.45, 7) is 0. The number of para-hydroxylation sites is 1. The van der Waals surface area contributed by atoms with Crippen molar-refractivity contribution in [3.05, 3.63) is 65.2 Å². The van der Waals surface area contributed by atoms with Crippen LogP contribution in [0.25, 0.3) is 0 Å². The summed E-state index contributed by atoms with van der Waals surface area (Å²) in [6.07, 6.45) is -2.20. The molecule has 1 heterocycles. The monoisotopic (exact) mass is 269 g/mol. The molecule has 0 aliphatic carbocycles.